The lowest BCUT2D eigenvalue weighted by Crippen LogP contribution is -2.16. The van der Waals surface area contributed by atoms with E-state index in [1.807, 2.05) is 20.8 Å². The molecule has 0 bridgehead atoms. The highest BCUT2D eigenvalue weighted by Gasteiger charge is 2.70. The minimum atomic E-state index is -0.665. The fourth-order valence-electron chi connectivity index (χ4n) is 2.33. The highest BCUT2D eigenvalue weighted by Crippen LogP contribution is 2.72. The topological polar surface area (TPSA) is 37.3 Å². The number of hydrogen-bond acceptors (Lipinski definition) is 1. The van der Waals surface area contributed by atoms with E-state index in [-0.39, 0.29) is 5.41 Å². The van der Waals surface area contributed by atoms with Crippen LogP contribution in [-0.4, -0.2) is 11.1 Å². The van der Waals surface area contributed by atoms with Gasteiger partial charge in [-0.1, -0.05) is 19.4 Å². The van der Waals surface area contributed by atoms with Crippen LogP contribution in [0.5, 0.6) is 0 Å². The third-order valence-electron chi connectivity index (χ3n) is 3.59. The number of carboxylic acids is 1. The number of rotatable bonds is 1. The van der Waals surface area contributed by atoms with Gasteiger partial charge in [-0.15, -0.1) is 0 Å². The van der Waals surface area contributed by atoms with Crippen LogP contribution in [0, 0.1) is 10.8 Å². The van der Waals surface area contributed by atoms with Crippen molar-refractivity contribution in [3.05, 3.63) is 11.1 Å². The number of aliphatic carboxylic acids is 1. The first-order valence-corrected chi connectivity index (χ1v) is 4.38. The summed E-state index contributed by atoms with van der Waals surface area (Å²) in [6, 6.07) is 0. The van der Waals surface area contributed by atoms with Gasteiger partial charge in [-0.25, -0.2) is 0 Å². The standard InChI is InChI=1S/C10H14O2/c1-9(2)7(6-4-5-6)10(9,3)8(11)12/h4-5H2,1-3H3,(H,11,12). The highest BCUT2D eigenvalue weighted by molar-refractivity contribution is 5.88. The molecule has 2 heteroatoms. The molecule has 2 fully saturated rings. The Labute approximate surface area is 72.3 Å². The number of carbonyl (C=O) groups is 1. The second kappa shape index (κ2) is 1.76. The molecule has 2 saturated carbocycles. The van der Waals surface area contributed by atoms with Crippen molar-refractivity contribution >= 4 is 5.97 Å². The summed E-state index contributed by atoms with van der Waals surface area (Å²) in [5.41, 5.74) is 1.94. The lowest BCUT2D eigenvalue weighted by molar-refractivity contribution is -0.143. The second-order valence-electron chi connectivity index (χ2n) is 4.53. The maximum atomic E-state index is 11.0. The van der Waals surface area contributed by atoms with Crippen LogP contribution >= 0.6 is 0 Å². The summed E-state index contributed by atoms with van der Waals surface area (Å²) >= 11 is 0. The van der Waals surface area contributed by atoms with E-state index < -0.39 is 11.4 Å². The van der Waals surface area contributed by atoms with E-state index in [0.29, 0.717) is 0 Å². The van der Waals surface area contributed by atoms with Crippen LogP contribution in [0.15, 0.2) is 11.1 Å². The molecule has 1 atom stereocenters. The van der Waals surface area contributed by atoms with Gasteiger partial charge in [0, 0.05) is 5.41 Å². The molecule has 0 spiro atoms. The van der Waals surface area contributed by atoms with Gasteiger partial charge >= 0.3 is 5.97 Å². The van der Waals surface area contributed by atoms with Crippen LogP contribution in [0.25, 0.3) is 0 Å². The molecule has 0 aromatic rings. The lowest BCUT2D eigenvalue weighted by atomic mass is 9.99. The molecule has 0 heterocycles. The Kier molecular flexibility index (Phi) is 1.15. The lowest BCUT2D eigenvalue weighted by Gasteiger charge is -2.05. The Morgan fingerprint density at radius 2 is 1.83 bits per heavy atom. The molecule has 12 heavy (non-hydrogen) atoms. The van der Waals surface area contributed by atoms with E-state index >= 15 is 0 Å². The minimum Gasteiger partial charge on any atom is -0.481 e. The molecule has 1 N–H and O–H groups in total. The number of allylic oxidation sites excluding steroid dienone is 1. The molecule has 2 aliphatic rings. The molecule has 2 aliphatic carbocycles. The summed E-state index contributed by atoms with van der Waals surface area (Å²) in [6.07, 6.45) is 2.25. The summed E-state index contributed by atoms with van der Waals surface area (Å²) in [5.74, 6) is -0.665. The maximum absolute atomic E-state index is 11.0. The fraction of sp³-hybridized carbons (Fsp3) is 0.700. The number of carboxylic acid groups (broad SMARTS) is 1. The zero-order valence-corrected chi connectivity index (χ0v) is 7.77. The highest BCUT2D eigenvalue weighted by atomic mass is 16.4. The molecule has 1 unspecified atom stereocenters. The molecular formula is C10H14O2. The normalized spacial score (nSPS) is 36.6. The van der Waals surface area contributed by atoms with Crippen molar-refractivity contribution in [3.8, 4) is 0 Å². The SMILES string of the molecule is CC1(C)C(=C2CC2)C1(C)C(=O)O. The van der Waals surface area contributed by atoms with E-state index in [0.717, 1.165) is 12.8 Å². The first-order chi connectivity index (χ1) is 5.42. The van der Waals surface area contributed by atoms with Gasteiger partial charge in [-0.05, 0) is 25.3 Å². The molecule has 0 aromatic carbocycles. The van der Waals surface area contributed by atoms with Crippen molar-refractivity contribution in [1.29, 1.82) is 0 Å². The third kappa shape index (κ3) is 0.637. The van der Waals surface area contributed by atoms with Crippen LogP contribution in [0.3, 0.4) is 0 Å². The Bertz CT molecular complexity index is 293. The quantitative estimate of drug-likeness (QED) is 0.606. The van der Waals surface area contributed by atoms with Gasteiger partial charge in [0.2, 0.25) is 0 Å². The van der Waals surface area contributed by atoms with Crippen LogP contribution in [-0.2, 0) is 4.79 Å². The average molecular weight is 166 g/mol. The third-order valence-corrected chi connectivity index (χ3v) is 3.59. The van der Waals surface area contributed by atoms with Gasteiger partial charge in [0.1, 0.15) is 0 Å². The van der Waals surface area contributed by atoms with Gasteiger partial charge in [0.05, 0.1) is 5.41 Å². The molecular weight excluding hydrogens is 152 g/mol. The maximum Gasteiger partial charge on any atom is 0.314 e. The van der Waals surface area contributed by atoms with E-state index in [9.17, 15) is 4.79 Å². The zero-order valence-electron chi connectivity index (χ0n) is 7.77. The molecule has 0 amide bonds. The largest absolute Gasteiger partial charge is 0.481 e. The van der Waals surface area contributed by atoms with E-state index in [2.05, 4.69) is 0 Å². The molecule has 0 radical (unpaired) electrons. The Hall–Kier alpha value is -0.790. The van der Waals surface area contributed by atoms with Crippen molar-refractivity contribution in [2.24, 2.45) is 10.8 Å². The van der Waals surface area contributed by atoms with E-state index in [1.165, 1.54) is 11.1 Å². The predicted octanol–water partition coefficient (Wildman–Crippen LogP) is 2.21. The first-order valence-electron chi connectivity index (χ1n) is 4.38. The zero-order chi connectivity index (χ0) is 9.15. The van der Waals surface area contributed by atoms with Crippen LogP contribution < -0.4 is 0 Å². The van der Waals surface area contributed by atoms with Gasteiger partial charge in [-0.2, -0.15) is 0 Å². The molecule has 0 saturated heterocycles. The molecule has 66 valence electrons. The van der Waals surface area contributed by atoms with Gasteiger partial charge in [0.15, 0.2) is 0 Å². The van der Waals surface area contributed by atoms with Gasteiger partial charge in [-0.3, -0.25) is 4.79 Å². The summed E-state index contributed by atoms with van der Waals surface area (Å²) in [7, 11) is 0. The molecule has 0 aromatic heterocycles. The smallest absolute Gasteiger partial charge is 0.314 e. The molecule has 2 nitrogen and oxygen atoms in total. The molecule has 0 aliphatic heterocycles. The van der Waals surface area contributed by atoms with Gasteiger partial charge in [0.25, 0.3) is 0 Å². The van der Waals surface area contributed by atoms with E-state index in [4.69, 9.17) is 5.11 Å². The van der Waals surface area contributed by atoms with Gasteiger partial charge < -0.3 is 5.11 Å². The Morgan fingerprint density at radius 3 is 2.08 bits per heavy atom. The second-order valence-corrected chi connectivity index (χ2v) is 4.53. The van der Waals surface area contributed by atoms with Crippen molar-refractivity contribution < 1.29 is 9.90 Å². The van der Waals surface area contributed by atoms with Crippen LogP contribution in [0.4, 0.5) is 0 Å². The van der Waals surface area contributed by atoms with Crippen molar-refractivity contribution in [1.82, 2.24) is 0 Å². The average Bonchev–Trinajstić information content (AvgIpc) is 2.75. The molecule has 2 rings (SSSR count). The van der Waals surface area contributed by atoms with Crippen molar-refractivity contribution in [2.75, 3.05) is 0 Å². The summed E-state index contributed by atoms with van der Waals surface area (Å²) in [4.78, 5) is 11.0. The minimum absolute atomic E-state index is 0.0926. The summed E-state index contributed by atoms with van der Waals surface area (Å²) < 4.78 is 0. The fourth-order valence-corrected chi connectivity index (χ4v) is 2.33. The summed E-state index contributed by atoms with van der Waals surface area (Å²) in [5, 5.41) is 9.06. The predicted molar refractivity (Wildman–Crippen MR) is 45.8 cm³/mol. The Balaban J connectivity index is 2.44. The van der Waals surface area contributed by atoms with Crippen LogP contribution in [0.2, 0.25) is 0 Å². The van der Waals surface area contributed by atoms with Crippen molar-refractivity contribution in [2.45, 2.75) is 33.6 Å². The number of hydrogen-bond donors (Lipinski definition) is 1. The monoisotopic (exact) mass is 166 g/mol. The van der Waals surface area contributed by atoms with Crippen molar-refractivity contribution in [3.63, 3.8) is 0 Å². The van der Waals surface area contributed by atoms with Crippen LogP contribution in [0.1, 0.15) is 33.6 Å². The summed E-state index contributed by atoms with van der Waals surface area (Å²) in [6.45, 7) is 5.90. The van der Waals surface area contributed by atoms with E-state index in [1.54, 1.807) is 0 Å². The first kappa shape index (κ1) is 7.84. The Morgan fingerprint density at radius 1 is 1.33 bits per heavy atom.